The van der Waals surface area contributed by atoms with Crippen molar-refractivity contribution in [2.75, 3.05) is 39.2 Å². The number of nitrogens with one attached hydrogen (secondary N) is 3. The van der Waals surface area contributed by atoms with E-state index in [1.807, 2.05) is 6.92 Å². The molecule has 3 N–H and O–H groups in total. The fourth-order valence-corrected chi connectivity index (χ4v) is 3.57. The Hall–Kier alpha value is -2.98. The van der Waals surface area contributed by atoms with Crippen molar-refractivity contribution in [1.29, 1.82) is 0 Å². The van der Waals surface area contributed by atoms with E-state index in [0.717, 1.165) is 0 Å². The summed E-state index contributed by atoms with van der Waals surface area (Å²) in [5, 5.41) is 6.22. The lowest BCUT2D eigenvalue weighted by molar-refractivity contribution is -0.129. The van der Waals surface area contributed by atoms with E-state index in [1.165, 1.54) is 6.08 Å². The van der Waals surface area contributed by atoms with E-state index in [0.29, 0.717) is 48.7 Å². The first-order chi connectivity index (χ1) is 14.5. The normalized spacial score (nSPS) is 20.0. The fourth-order valence-electron chi connectivity index (χ4n) is 3.57. The molecule has 0 radical (unpaired) electrons. The van der Waals surface area contributed by atoms with Crippen LogP contribution in [0.2, 0.25) is 0 Å². The minimum Gasteiger partial charge on any atom is -0.383 e. The van der Waals surface area contributed by atoms with Crippen molar-refractivity contribution in [3.63, 3.8) is 0 Å². The summed E-state index contributed by atoms with van der Waals surface area (Å²) in [6.45, 7) is 6.87. The van der Waals surface area contributed by atoms with E-state index in [2.05, 4.69) is 32.2 Å². The molecule has 2 aromatic heterocycles. The van der Waals surface area contributed by atoms with Crippen LogP contribution in [0.4, 0.5) is 5.82 Å². The second-order valence-corrected chi connectivity index (χ2v) is 7.29. The van der Waals surface area contributed by atoms with Crippen LogP contribution in [0.1, 0.15) is 23.7 Å². The van der Waals surface area contributed by atoms with Gasteiger partial charge in [0.1, 0.15) is 11.3 Å². The van der Waals surface area contributed by atoms with E-state index in [9.17, 15) is 9.59 Å². The van der Waals surface area contributed by atoms with Crippen LogP contribution in [0.3, 0.4) is 0 Å². The standard InChI is InChI=1S/C20H28N6O4/c1-5-17(27)26-7-6-14(15(10-26)30-4)24-16-9-22-19-18(25-16)13(8-21-19)20(28)23-12(2)11-29-3/h5,8-9,12,14-15H,1,6-7,10-11H2,2-4H3,(H,21,22)(H,23,28)(H,24,25)/t12?,14-,15+/m1/s1. The molecule has 0 aliphatic carbocycles. The van der Waals surface area contributed by atoms with Gasteiger partial charge in [0, 0.05) is 39.5 Å². The van der Waals surface area contributed by atoms with Gasteiger partial charge in [-0.1, -0.05) is 6.58 Å². The highest BCUT2D eigenvalue weighted by Crippen LogP contribution is 2.21. The molecular formula is C20H28N6O4. The van der Waals surface area contributed by atoms with E-state index < -0.39 is 0 Å². The number of rotatable bonds is 8. The summed E-state index contributed by atoms with van der Waals surface area (Å²) in [6, 6.07) is -0.179. The number of piperidine rings is 1. The molecule has 1 saturated heterocycles. The van der Waals surface area contributed by atoms with Crippen molar-refractivity contribution < 1.29 is 19.1 Å². The zero-order valence-corrected chi connectivity index (χ0v) is 17.5. The highest BCUT2D eigenvalue weighted by molar-refractivity contribution is 6.04. The van der Waals surface area contributed by atoms with E-state index in [4.69, 9.17) is 9.47 Å². The molecular weight excluding hydrogens is 388 g/mol. The maximum atomic E-state index is 12.6. The van der Waals surface area contributed by atoms with E-state index in [-0.39, 0.29) is 30.0 Å². The number of H-pyrrole nitrogens is 1. The third-order valence-corrected chi connectivity index (χ3v) is 5.10. The Morgan fingerprint density at radius 1 is 1.47 bits per heavy atom. The van der Waals surface area contributed by atoms with Crippen LogP contribution < -0.4 is 10.6 Å². The molecule has 10 heteroatoms. The summed E-state index contributed by atoms with van der Waals surface area (Å²) in [4.78, 5) is 38.1. The van der Waals surface area contributed by atoms with Crippen LogP contribution >= 0.6 is 0 Å². The summed E-state index contributed by atoms with van der Waals surface area (Å²) < 4.78 is 10.6. The summed E-state index contributed by atoms with van der Waals surface area (Å²) in [6.07, 6.45) is 5.01. The SMILES string of the molecule is C=CC(=O)N1CC[C@@H](Nc2cnc3[nH]cc(C(=O)NC(C)COC)c3n2)[C@@H](OC)C1. The van der Waals surface area contributed by atoms with Gasteiger partial charge in [0.25, 0.3) is 5.91 Å². The number of aromatic nitrogens is 3. The molecule has 0 aromatic carbocycles. The molecule has 1 unspecified atom stereocenters. The average molecular weight is 416 g/mol. The van der Waals surface area contributed by atoms with Crippen LogP contribution in [-0.2, 0) is 14.3 Å². The molecule has 0 spiro atoms. The maximum absolute atomic E-state index is 12.6. The molecule has 3 atom stereocenters. The second-order valence-electron chi connectivity index (χ2n) is 7.29. The first-order valence-electron chi connectivity index (χ1n) is 9.81. The van der Waals surface area contributed by atoms with Gasteiger partial charge in [0.15, 0.2) is 5.65 Å². The molecule has 2 aromatic rings. The van der Waals surface area contributed by atoms with Gasteiger partial charge in [0.05, 0.1) is 30.5 Å². The number of nitrogens with zero attached hydrogens (tertiary/aromatic N) is 3. The number of carbonyl (C=O) groups excluding carboxylic acids is 2. The van der Waals surface area contributed by atoms with Gasteiger partial charge >= 0.3 is 0 Å². The third kappa shape index (κ3) is 4.77. The number of anilines is 1. The number of methoxy groups -OCH3 is 2. The predicted molar refractivity (Wildman–Crippen MR) is 112 cm³/mol. The smallest absolute Gasteiger partial charge is 0.255 e. The van der Waals surface area contributed by atoms with Crippen molar-refractivity contribution in [3.8, 4) is 0 Å². The van der Waals surface area contributed by atoms with Crippen LogP contribution in [0.15, 0.2) is 25.0 Å². The van der Waals surface area contributed by atoms with Gasteiger partial charge in [-0.25, -0.2) is 9.97 Å². The molecule has 3 rings (SSSR count). The minimum atomic E-state index is -0.247. The lowest BCUT2D eigenvalue weighted by Crippen LogP contribution is -2.52. The van der Waals surface area contributed by atoms with Gasteiger partial charge in [-0.2, -0.15) is 0 Å². The molecule has 1 fully saturated rings. The number of likely N-dealkylation sites (tertiary alicyclic amines) is 1. The lowest BCUT2D eigenvalue weighted by Gasteiger charge is -2.37. The number of carbonyl (C=O) groups is 2. The van der Waals surface area contributed by atoms with Crippen molar-refractivity contribution in [3.05, 3.63) is 30.6 Å². The van der Waals surface area contributed by atoms with Crippen LogP contribution in [0, 0.1) is 0 Å². The molecule has 2 amide bonds. The topological polar surface area (TPSA) is 121 Å². The van der Waals surface area contributed by atoms with Gasteiger partial charge < -0.3 is 30.0 Å². The maximum Gasteiger partial charge on any atom is 0.255 e. The highest BCUT2D eigenvalue weighted by atomic mass is 16.5. The van der Waals surface area contributed by atoms with Gasteiger partial charge in [-0.15, -0.1) is 0 Å². The summed E-state index contributed by atoms with van der Waals surface area (Å²) >= 11 is 0. The Balaban J connectivity index is 1.74. The summed E-state index contributed by atoms with van der Waals surface area (Å²) in [5.74, 6) is 0.183. The van der Waals surface area contributed by atoms with Crippen LogP contribution in [0.5, 0.6) is 0 Å². The van der Waals surface area contributed by atoms with Crippen molar-refractivity contribution in [2.45, 2.75) is 31.5 Å². The van der Waals surface area contributed by atoms with Gasteiger partial charge in [0.2, 0.25) is 5.91 Å². The van der Waals surface area contributed by atoms with Gasteiger partial charge in [-0.3, -0.25) is 9.59 Å². The molecule has 3 heterocycles. The number of amides is 2. The predicted octanol–water partition coefficient (Wildman–Crippen LogP) is 0.936. The molecule has 162 valence electrons. The minimum absolute atomic E-state index is 0.0476. The zero-order chi connectivity index (χ0) is 21.7. The number of hydrogen-bond donors (Lipinski definition) is 3. The quantitative estimate of drug-likeness (QED) is 0.548. The lowest BCUT2D eigenvalue weighted by atomic mass is 10.0. The van der Waals surface area contributed by atoms with E-state index in [1.54, 1.807) is 31.5 Å². The van der Waals surface area contributed by atoms with Gasteiger partial charge in [-0.05, 0) is 19.4 Å². The van der Waals surface area contributed by atoms with E-state index >= 15 is 0 Å². The molecule has 0 bridgehead atoms. The number of aromatic amines is 1. The van der Waals surface area contributed by atoms with Crippen molar-refractivity contribution >= 4 is 28.8 Å². The number of hydrogen-bond acceptors (Lipinski definition) is 7. The molecule has 1 aliphatic rings. The van der Waals surface area contributed by atoms with Crippen LogP contribution in [0.25, 0.3) is 11.2 Å². The molecule has 10 nitrogen and oxygen atoms in total. The highest BCUT2D eigenvalue weighted by Gasteiger charge is 2.31. The fraction of sp³-hybridized carbons (Fsp3) is 0.500. The number of ether oxygens (including phenoxy) is 2. The van der Waals surface area contributed by atoms with Crippen LogP contribution in [-0.4, -0.2) is 83.8 Å². The molecule has 30 heavy (non-hydrogen) atoms. The second kappa shape index (κ2) is 9.68. The first kappa shape index (κ1) is 21.7. The monoisotopic (exact) mass is 416 g/mol. The third-order valence-electron chi connectivity index (χ3n) is 5.10. The summed E-state index contributed by atoms with van der Waals surface area (Å²) in [5.41, 5.74) is 1.42. The Bertz CT molecular complexity index is 914. The Labute approximate surface area is 175 Å². The Kier molecular flexibility index (Phi) is 7.01. The first-order valence-corrected chi connectivity index (χ1v) is 9.81. The molecule has 0 saturated carbocycles. The molecule has 1 aliphatic heterocycles. The Morgan fingerprint density at radius 3 is 2.97 bits per heavy atom. The Morgan fingerprint density at radius 2 is 2.27 bits per heavy atom. The largest absolute Gasteiger partial charge is 0.383 e. The zero-order valence-electron chi connectivity index (χ0n) is 17.5. The summed E-state index contributed by atoms with van der Waals surface area (Å²) in [7, 11) is 3.20. The van der Waals surface area contributed by atoms with Crippen molar-refractivity contribution in [1.82, 2.24) is 25.2 Å². The average Bonchev–Trinajstić information content (AvgIpc) is 3.17. The van der Waals surface area contributed by atoms with Crippen molar-refractivity contribution in [2.24, 2.45) is 0 Å². The number of fused-ring (bicyclic) bond motifs is 1.